The maximum atomic E-state index is 5.49. The number of nitrogen functional groups attached to an aromatic ring is 1. The Bertz CT molecular complexity index is 345. The zero-order valence-electron chi connectivity index (χ0n) is 7.62. The minimum absolute atomic E-state index is 0.501. The Labute approximate surface area is 77.7 Å². The van der Waals surface area contributed by atoms with Crippen molar-refractivity contribution in [3.8, 4) is 0 Å². The highest BCUT2D eigenvalue weighted by Gasteiger charge is 1.99. The van der Waals surface area contributed by atoms with Crippen LogP contribution in [0.15, 0.2) is 36.9 Å². The van der Waals surface area contributed by atoms with E-state index in [1.807, 2.05) is 25.2 Å². The molecule has 1 heterocycles. The highest BCUT2D eigenvalue weighted by Crippen LogP contribution is 2.14. The van der Waals surface area contributed by atoms with E-state index in [9.17, 15) is 0 Å². The molecule has 0 fully saturated rings. The number of nitrogens with zero attached hydrogens (tertiary/aromatic N) is 1. The van der Waals surface area contributed by atoms with Crippen molar-refractivity contribution >= 4 is 11.4 Å². The van der Waals surface area contributed by atoms with Gasteiger partial charge in [0.25, 0.3) is 0 Å². The summed E-state index contributed by atoms with van der Waals surface area (Å²) in [7, 11) is 0. The summed E-state index contributed by atoms with van der Waals surface area (Å²) in [5, 5.41) is 6.68. The molecule has 1 aromatic heterocycles. The minimum atomic E-state index is 0.501. The number of rotatable bonds is 3. The highest BCUT2D eigenvalue weighted by atomic mass is 15.2. The SMILES string of the molecule is C=C/C=C\C(=C/C)c1cc(N)n[nH]1. The second-order valence-electron chi connectivity index (χ2n) is 2.55. The number of nitrogens with two attached hydrogens (primary N) is 1. The van der Waals surface area contributed by atoms with Gasteiger partial charge in [-0.2, -0.15) is 5.10 Å². The summed E-state index contributed by atoms with van der Waals surface area (Å²) >= 11 is 0. The van der Waals surface area contributed by atoms with E-state index in [1.165, 1.54) is 0 Å². The van der Waals surface area contributed by atoms with Gasteiger partial charge in [0.2, 0.25) is 0 Å². The number of aromatic amines is 1. The Morgan fingerprint density at radius 1 is 1.69 bits per heavy atom. The first-order valence-electron chi connectivity index (χ1n) is 4.04. The van der Waals surface area contributed by atoms with E-state index in [-0.39, 0.29) is 0 Å². The number of H-pyrrole nitrogens is 1. The molecule has 0 aliphatic heterocycles. The van der Waals surface area contributed by atoms with Crippen molar-refractivity contribution in [3.63, 3.8) is 0 Å². The molecule has 13 heavy (non-hydrogen) atoms. The first-order valence-corrected chi connectivity index (χ1v) is 4.04. The van der Waals surface area contributed by atoms with Crippen LogP contribution in [0.3, 0.4) is 0 Å². The van der Waals surface area contributed by atoms with Gasteiger partial charge in [-0.25, -0.2) is 0 Å². The highest BCUT2D eigenvalue weighted by molar-refractivity contribution is 5.72. The van der Waals surface area contributed by atoms with Gasteiger partial charge in [0.15, 0.2) is 0 Å². The van der Waals surface area contributed by atoms with Crippen molar-refractivity contribution in [1.29, 1.82) is 0 Å². The predicted octanol–water partition coefficient (Wildman–Crippen LogP) is 2.14. The van der Waals surface area contributed by atoms with E-state index in [2.05, 4.69) is 16.8 Å². The van der Waals surface area contributed by atoms with Gasteiger partial charge in [0.1, 0.15) is 5.82 Å². The molecule has 0 amide bonds. The first-order chi connectivity index (χ1) is 6.27. The van der Waals surface area contributed by atoms with Crippen molar-refractivity contribution in [2.24, 2.45) is 0 Å². The lowest BCUT2D eigenvalue weighted by Crippen LogP contribution is -1.81. The van der Waals surface area contributed by atoms with Crippen molar-refractivity contribution in [3.05, 3.63) is 42.6 Å². The molecule has 3 N–H and O–H groups in total. The molecule has 0 spiro atoms. The summed E-state index contributed by atoms with van der Waals surface area (Å²) < 4.78 is 0. The summed E-state index contributed by atoms with van der Waals surface area (Å²) in [6.07, 6.45) is 7.52. The monoisotopic (exact) mass is 175 g/mol. The molecule has 68 valence electrons. The van der Waals surface area contributed by atoms with E-state index < -0.39 is 0 Å². The van der Waals surface area contributed by atoms with Gasteiger partial charge in [-0.05, 0) is 12.5 Å². The van der Waals surface area contributed by atoms with Crippen molar-refractivity contribution < 1.29 is 0 Å². The molecule has 0 aliphatic carbocycles. The molecule has 0 saturated carbocycles. The van der Waals surface area contributed by atoms with Crippen LogP contribution >= 0.6 is 0 Å². The standard InChI is InChI=1S/C10H13N3/c1-3-5-6-8(4-2)9-7-10(11)13-12-9/h3-7H,1H2,2H3,(H3,11,12,13)/b6-5-,8-4+. The van der Waals surface area contributed by atoms with Gasteiger partial charge in [0, 0.05) is 6.07 Å². The molecule has 0 atom stereocenters. The molecule has 0 aliphatic rings. The second kappa shape index (κ2) is 4.30. The van der Waals surface area contributed by atoms with Gasteiger partial charge >= 0.3 is 0 Å². The fraction of sp³-hybridized carbons (Fsp3) is 0.100. The molecule has 1 aromatic rings. The van der Waals surface area contributed by atoms with Crippen LogP contribution < -0.4 is 5.73 Å². The number of anilines is 1. The molecular formula is C10H13N3. The first kappa shape index (κ1) is 9.32. The van der Waals surface area contributed by atoms with Crippen LogP contribution in [0.4, 0.5) is 5.82 Å². The molecule has 3 nitrogen and oxygen atoms in total. The maximum Gasteiger partial charge on any atom is 0.145 e. The number of hydrogen-bond donors (Lipinski definition) is 2. The van der Waals surface area contributed by atoms with Crippen LogP contribution in [-0.4, -0.2) is 10.2 Å². The van der Waals surface area contributed by atoms with Crippen molar-refractivity contribution in [1.82, 2.24) is 10.2 Å². The fourth-order valence-electron chi connectivity index (χ4n) is 0.998. The third kappa shape index (κ3) is 2.33. The molecule has 0 unspecified atom stereocenters. The fourth-order valence-corrected chi connectivity index (χ4v) is 0.998. The zero-order chi connectivity index (χ0) is 9.68. The van der Waals surface area contributed by atoms with Gasteiger partial charge < -0.3 is 5.73 Å². The van der Waals surface area contributed by atoms with Gasteiger partial charge in [0.05, 0.1) is 5.69 Å². The molecular weight excluding hydrogens is 162 g/mol. The van der Waals surface area contributed by atoms with Gasteiger partial charge in [-0.3, -0.25) is 5.10 Å². The largest absolute Gasteiger partial charge is 0.382 e. The lowest BCUT2D eigenvalue weighted by atomic mass is 10.1. The summed E-state index contributed by atoms with van der Waals surface area (Å²) in [6.45, 7) is 5.56. The van der Waals surface area contributed by atoms with Crippen molar-refractivity contribution in [2.75, 3.05) is 5.73 Å². The van der Waals surface area contributed by atoms with Crippen LogP contribution in [0.2, 0.25) is 0 Å². The summed E-state index contributed by atoms with van der Waals surface area (Å²) in [6, 6.07) is 1.79. The van der Waals surface area contributed by atoms with E-state index in [1.54, 1.807) is 12.1 Å². The Hall–Kier alpha value is -1.77. The van der Waals surface area contributed by atoms with Crippen LogP contribution in [0, 0.1) is 0 Å². The minimum Gasteiger partial charge on any atom is -0.382 e. The Morgan fingerprint density at radius 2 is 2.46 bits per heavy atom. The number of nitrogens with one attached hydrogen (secondary N) is 1. The number of allylic oxidation sites excluding steroid dienone is 5. The normalized spacial score (nSPS) is 12.2. The Morgan fingerprint density at radius 3 is 2.92 bits per heavy atom. The third-order valence-electron chi connectivity index (χ3n) is 1.63. The molecule has 1 rings (SSSR count). The Kier molecular flexibility index (Phi) is 3.09. The van der Waals surface area contributed by atoms with Crippen LogP contribution in [0.25, 0.3) is 5.57 Å². The average Bonchev–Trinajstić information content (AvgIpc) is 2.54. The molecule has 0 aromatic carbocycles. The lowest BCUT2D eigenvalue weighted by Gasteiger charge is -1.94. The van der Waals surface area contributed by atoms with E-state index in [0.29, 0.717) is 5.82 Å². The quantitative estimate of drug-likeness (QED) is 0.691. The Balaban J connectivity index is 2.91. The van der Waals surface area contributed by atoms with Crippen LogP contribution in [0.5, 0.6) is 0 Å². The zero-order valence-corrected chi connectivity index (χ0v) is 7.62. The molecule has 3 heteroatoms. The molecule has 0 radical (unpaired) electrons. The predicted molar refractivity (Wildman–Crippen MR) is 56.0 cm³/mol. The van der Waals surface area contributed by atoms with E-state index in [0.717, 1.165) is 11.3 Å². The van der Waals surface area contributed by atoms with Crippen LogP contribution in [-0.2, 0) is 0 Å². The second-order valence-corrected chi connectivity index (χ2v) is 2.55. The smallest absolute Gasteiger partial charge is 0.145 e. The third-order valence-corrected chi connectivity index (χ3v) is 1.63. The number of hydrogen-bond acceptors (Lipinski definition) is 2. The van der Waals surface area contributed by atoms with Crippen LogP contribution in [0.1, 0.15) is 12.6 Å². The van der Waals surface area contributed by atoms with Gasteiger partial charge in [-0.15, -0.1) is 0 Å². The summed E-state index contributed by atoms with van der Waals surface area (Å²) in [5.41, 5.74) is 7.45. The van der Waals surface area contributed by atoms with Gasteiger partial charge in [-0.1, -0.05) is 30.9 Å². The summed E-state index contributed by atoms with van der Waals surface area (Å²) in [4.78, 5) is 0. The molecule has 0 bridgehead atoms. The summed E-state index contributed by atoms with van der Waals surface area (Å²) in [5.74, 6) is 0.501. The van der Waals surface area contributed by atoms with Crippen molar-refractivity contribution in [2.45, 2.75) is 6.92 Å². The topological polar surface area (TPSA) is 54.7 Å². The maximum absolute atomic E-state index is 5.49. The molecule has 0 saturated heterocycles. The number of aromatic nitrogens is 2. The lowest BCUT2D eigenvalue weighted by molar-refractivity contribution is 1.08. The van der Waals surface area contributed by atoms with E-state index in [4.69, 9.17) is 5.73 Å². The average molecular weight is 175 g/mol. The van der Waals surface area contributed by atoms with E-state index >= 15 is 0 Å².